The van der Waals surface area contributed by atoms with Gasteiger partial charge in [-0.3, -0.25) is 0 Å². The molecule has 1 heterocycles. The average molecular weight is 210 g/mol. The molecule has 78 valence electrons. The summed E-state index contributed by atoms with van der Waals surface area (Å²) in [6, 6.07) is 4.18. The second-order valence-electron chi connectivity index (χ2n) is 4.85. The summed E-state index contributed by atoms with van der Waals surface area (Å²) >= 11 is 1.73. The molecule has 0 unspecified atom stereocenters. The van der Waals surface area contributed by atoms with Gasteiger partial charge in [0.25, 0.3) is 0 Å². The lowest BCUT2D eigenvalue weighted by Gasteiger charge is -2.45. The van der Waals surface area contributed by atoms with Gasteiger partial charge in [0.15, 0.2) is 0 Å². The van der Waals surface area contributed by atoms with E-state index >= 15 is 0 Å². The fourth-order valence-corrected chi connectivity index (χ4v) is 3.14. The molecule has 0 aromatic carbocycles. The standard InChI is InChI=1S/C12H18OS/c1-8(2)10-6-12(13,7-10)11-5-4-9(3)14-11/h4-5,8,10,13H,6-7H2,1-3H3. The monoisotopic (exact) mass is 210 g/mol. The largest absolute Gasteiger partial charge is 0.384 e. The first-order valence-corrected chi connectivity index (χ1v) is 6.12. The highest BCUT2D eigenvalue weighted by Crippen LogP contribution is 2.50. The number of aryl methyl sites for hydroxylation is 1. The Hall–Kier alpha value is -0.340. The Morgan fingerprint density at radius 1 is 1.43 bits per heavy atom. The van der Waals surface area contributed by atoms with Crippen molar-refractivity contribution in [1.29, 1.82) is 0 Å². The maximum Gasteiger partial charge on any atom is 0.0993 e. The van der Waals surface area contributed by atoms with Crippen molar-refractivity contribution in [3.8, 4) is 0 Å². The van der Waals surface area contributed by atoms with Gasteiger partial charge in [-0.05, 0) is 43.7 Å². The molecule has 1 nitrogen and oxygen atoms in total. The van der Waals surface area contributed by atoms with E-state index in [1.54, 1.807) is 11.3 Å². The molecular weight excluding hydrogens is 192 g/mol. The smallest absolute Gasteiger partial charge is 0.0993 e. The van der Waals surface area contributed by atoms with E-state index in [1.807, 2.05) is 0 Å². The van der Waals surface area contributed by atoms with Crippen LogP contribution in [-0.2, 0) is 5.60 Å². The molecule has 0 amide bonds. The van der Waals surface area contributed by atoms with Gasteiger partial charge in [-0.15, -0.1) is 11.3 Å². The van der Waals surface area contributed by atoms with Crippen LogP contribution >= 0.6 is 11.3 Å². The average Bonchev–Trinajstić information content (AvgIpc) is 2.45. The molecule has 1 N–H and O–H groups in total. The van der Waals surface area contributed by atoms with Crippen LogP contribution in [0.15, 0.2) is 12.1 Å². The van der Waals surface area contributed by atoms with Gasteiger partial charge in [-0.25, -0.2) is 0 Å². The normalized spacial score (nSPS) is 31.9. The summed E-state index contributed by atoms with van der Waals surface area (Å²) in [5.41, 5.74) is -0.492. The van der Waals surface area contributed by atoms with Crippen molar-refractivity contribution in [3.05, 3.63) is 21.9 Å². The Bertz CT molecular complexity index is 321. The van der Waals surface area contributed by atoms with Crippen molar-refractivity contribution in [2.75, 3.05) is 0 Å². The van der Waals surface area contributed by atoms with Crippen LogP contribution in [-0.4, -0.2) is 5.11 Å². The lowest BCUT2D eigenvalue weighted by molar-refractivity contribution is -0.0905. The Morgan fingerprint density at radius 2 is 2.07 bits per heavy atom. The summed E-state index contributed by atoms with van der Waals surface area (Å²) in [5.74, 6) is 1.42. The molecule has 0 bridgehead atoms. The lowest BCUT2D eigenvalue weighted by atomic mass is 9.66. The first-order valence-electron chi connectivity index (χ1n) is 5.30. The predicted molar refractivity (Wildman–Crippen MR) is 60.5 cm³/mol. The van der Waals surface area contributed by atoms with Crippen LogP contribution in [0, 0.1) is 18.8 Å². The van der Waals surface area contributed by atoms with E-state index in [0.717, 1.165) is 17.7 Å². The van der Waals surface area contributed by atoms with Gasteiger partial charge in [0.1, 0.15) is 0 Å². The number of aliphatic hydroxyl groups is 1. The molecule has 1 fully saturated rings. The molecule has 2 heteroatoms. The summed E-state index contributed by atoms with van der Waals surface area (Å²) in [5, 5.41) is 10.3. The van der Waals surface area contributed by atoms with Gasteiger partial charge in [-0.2, -0.15) is 0 Å². The number of hydrogen-bond acceptors (Lipinski definition) is 2. The molecule has 1 aromatic heterocycles. The van der Waals surface area contributed by atoms with E-state index in [4.69, 9.17) is 0 Å². The molecule has 1 aliphatic carbocycles. The highest BCUT2D eigenvalue weighted by molar-refractivity contribution is 7.12. The summed E-state index contributed by atoms with van der Waals surface area (Å²) in [4.78, 5) is 2.45. The molecule has 1 aromatic rings. The van der Waals surface area contributed by atoms with Crippen LogP contribution in [0.5, 0.6) is 0 Å². The molecule has 0 radical (unpaired) electrons. The SMILES string of the molecule is Cc1ccc(C2(O)CC(C(C)C)C2)s1. The van der Waals surface area contributed by atoms with E-state index in [9.17, 15) is 5.11 Å². The quantitative estimate of drug-likeness (QED) is 0.794. The molecular formula is C12H18OS. The lowest BCUT2D eigenvalue weighted by Crippen LogP contribution is -2.42. The van der Waals surface area contributed by atoms with Gasteiger partial charge < -0.3 is 5.11 Å². The summed E-state index contributed by atoms with van der Waals surface area (Å²) < 4.78 is 0. The van der Waals surface area contributed by atoms with Crippen molar-refractivity contribution >= 4 is 11.3 Å². The van der Waals surface area contributed by atoms with Crippen molar-refractivity contribution in [3.63, 3.8) is 0 Å². The Balaban J connectivity index is 2.07. The molecule has 0 aliphatic heterocycles. The third-order valence-electron chi connectivity index (χ3n) is 3.34. The Morgan fingerprint density at radius 3 is 2.50 bits per heavy atom. The topological polar surface area (TPSA) is 20.2 Å². The van der Waals surface area contributed by atoms with E-state index in [1.165, 1.54) is 4.88 Å². The maximum absolute atomic E-state index is 10.3. The Kier molecular flexibility index (Phi) is 2.44. The highest BCUT2D eigenvalue weighted by Gasteiger charge is 2.45. The zero-order valence-corrected chi connectivity index (χ0v) is 9.90. The molecule has 1 saturated carbocycles. The molecule has 14 heavy (non-hydrogen) atoms. The van der Waals surface area contributed by atoms with Gasteiger partial charge in [-0.1, -0.05) is 13.8 Å². The zero-order valence-electron chi connectivity index (χ0n) is 9.08. The second kappa shape index (κ2) is 3.35. The van der Waals surface area contributed by atoms with E-state index in [2.05, 4.69) is 32.9 Å². The van der Waals surface area contributed by atoms with Crippen LogP contribution < -0.4 is 0 Å². The van der Waals surface area contributed by atoms with Crippen molar-refractivity contribution in [2.24, 2.45) is 11.8 Å². The van der Waals surface area contributed by atoms with E-state index in [0.29, 0.717) is 11.8 Å². The molecule has 0 atom stereocenters. The highest BCUT2D eigenvalue weighted by atomic mass is 32.1. The number of hydrogen-bond donors (Lipinski definition) is 1. The summed E-state index contributed by atoms with van der Waals surface area (Å²) in [7, 11) is 0. The zero-order chi connectivity index (χ0) is 10.3. The summed E-state index contributed by atoms with van der Waals surface area (Å²) in [6.07, 6.45) is 1.90. The fourth-order valence-electron chi connectivity index (χ4n) is 2.16. The third kappa shape index (κ3) is 1.61. The fraction of sp³-hybridized carbons (Fsp3) is 0.667. The molecule has 2 rings (SSSR count). The van der Waals surface area contributed by atoms with Crippen LogP contribution in [0.25, 0.3) is 0 Å². The first-order chi connectivity index (χ1) is 6.51. The molecule has 1 aliphatic rings. The van der Waals surface area contributed by atoms with E-state index < -0.39 is 5.60 Å². The van der Waals surface area contributed by atoms with Crippen LogP contribution in [0.1, 0.15) is 36.4 Å². The minimum Gasteiger partial charge on any atom is -0.384 e. The Labute approximate surface area is 89.8 Å². The van der Waals surface area contributed by atoms with Gasteiger partial charge >= 0.3 is 0 Å². The van der Waals surface area contributed by atoms with Crippen molar-refractivity contribution in [2.45, 2.75) is 39.2 Å². The second-order valence-corrected chi connectivity index (χ2v) is 6.14. The van der Waals surface area contributed by atoms with Crippen LogP contribution in [0.2, 0.25) is 0 Å². The molecule has 0 spiro atoms. The molecule has 0 saturated heterocycles. The predicted octanol–water partition coefficient (Wildman–Crippen LogP) is 3.31. The van der Waals surface area contributed by atoms with Crippen molar-refractivity contribution in [1.82, 2.24) is 0 Å². The van der Waals surface area contributed by atoms with Crippen LogP contribution in [0.3, 0.4) is 0 Å². The minimum absolute atomic E-state index is 0.492. The third-order valence-corrected chi connectivity index (χ3v) is 4.54. The minimum atomic E-state index is -0.492. The maximum atomic E-state index is 10.3. The van der Waals surface area contributed by atoms with E-state index in [-0.39, 0.29) is 0 Å². The van der Waals surface area contributed by atoms with Crippen LogP contribution in [0.4, 0.5) is 0 Å². The van der Waals surface area contributed by atoms with Gasteiger partial charge in [0, 0.05) is 9.75 Å². The first kappa shape index (κ1) is 10.2. The van der Waals surface area contributed by atoms with Crippen molar-refractivity contribution < 1.29 is 5.11 Å². The number of thiophene rings is 1. The number of rotatable bonds is 2. The van der Waals surface area contributed by atoms with Gasteiger partial charge in [0.2, 0.25) is 0 Å². The summed E-state index contributed by atoms with van der Waals surface area (Å²) in [6.45, 7) is 6.57. The van der Waals surface area contributed by atoms with Gasteiger partial charge in [0.05, 0.1) is 5.60 Å².